The molecule has 90 valence electrons. The number of rotatable bonds is 2. The summed E-state index contributed by atoms with van der Waals surface area (Å²) in [6.45, 7) is 0.116. The van der Waals surface area contributed by atoms with E-state index in [1.165, 1.54) is 6.07 Å². The first-order valence-electron chi connectivity index (χ1n) is 4.85. The number of hydroxylamine groups is 1. The van der Waals surface area contributed by atoms with Crippen LogP contribution in [0.5, 0.6) is 0 Å². The molecule has 0 spiro atoms. The van der Waals surface area contributed by atoms with E-state index in [0.717, 1.165) is 0 Å². The average Bonchev–Trinajstić information content (AvgIpc) is 2.68. The Morgan fingerprint density at radius 1 is 1.59 bits per heavy atom. The van der Waals surface area contributed by atoms with E-state index in [-0.39, 0.29) is 18.4 Å². The lowest BCUT2D eigenvalue weighted by atomic mass is 10.1. The van der Waals surface area contributed by atoms with Crippen LogP contribution in [0, 0.1) is 0 Å². The fourth-order valence-electron chi connectivity index (χ4n) is 1.40. The zero-order valence-electron chi connectivity index (χ0n) is 8.70. The lowest BCUT2D eigenvalue weighted by Crippen LogP contribution is -2.41. The van der Waals surface area contributed by atoms with E-state index in [2.05, 4.69) is 26.7 Å². The molecule has 1 atom stereocenters. The Morgan fingerprint density at radius 3 is 3.00 bits per heavy atom. The van der Waals surface area contributed by atoms with E-state index < -0.39 is 6.04 Å². The van der Waals surface area contributed by atoms with Gasteiger partial charge in [-0.25, -0.2) is 5.48 Å². The topological polar surface area (TPSA) is 93.5 Å². The van der Waals surface area contributed by atoms with Gasteiger partial charge in [-0.3, -0.25) is 14.4 Å². The molecular formula is C10H10BrN3O3. The number of nitrogens with two attached hydrogens (primary N) is 1. The van der Waals surface area contributed by atoms with Crippen molar-refractivity contribution in [1.82, 2.24) is 10.8 Å². The van der Waals surface area contributed by atoms with Crippen LogP contribution in [0.25, 0.3) is 0 Å². The summed E-state index contributed by atoms with van der Waals surface area (Å²) in [4.78, 5) is 27.8. The molecule has 0 saturated carbocycles. The van der Waals surface area contributed by atoms with Crippen molar-refractivity contribution in [2.75, 3.05) is 12.3 Å². The summed E-state index contributed by atoms with van der Waals surface area (Å²) < 4.78 is 0.614. The molecule has 7 heteroatoms. The molecule has 4 N–H and O–H groups in total. The van der Waals surface area contributed by atoms with Crippen LogP contribution >= 0.6 is 15.9 Å². The van der Waals surface area contributed by atoms with E-state index in [0.29, 0.717) is 15.7 Å². The van der Waals surface area contributed by atoms with Crippen molar-refractivity contribution in [1.29, 1.82) is 0 Å². The molecule has 0 aromatic heterocycles. The summed E-state index contributed by atoms with van der Waals surface area (Å²) in [5.74, 6) is -0.742. The summed E-state index contributed by atoms with van der Waals surface area (Å²) in [5, 5.41) is 2.55. The van der Waals surface area contributed by atoms with Crippen molar-refractivity contribution < 1.29 is 14.4 Å². The van der Waals surface area contributed by atoms with Gasteiger partial charge in [0.15, 0.2) is 0 Å². The molecule has 1 fully saturated rings. The quantitative estimate of drug-likeness (QED) is 0.680. The van der Waals surface area contributed by atoms with Crippen LogP contribution in [0.15, 0.2) is 22.7 Å². The summed E-state index contributed by atoms with van der Waals surface area (Å²) >= 11 is 3.25. The molecule has 17 heavy (non-hydrogen) atoms. The largest absolute Gasteiger partial charge is 0.399 e. The number of nitrogen functional groups attached to an aromatic ring is 1. The molecular weight excluding hydrogens is 290 g/mol. The van der Waals surface area contributed by atoms with Gasteiger partial charge in [-0.1, -0.05) is 0 Å². The standard InChI is InChI=1S/C10H10BrN3O3/c11-7-2-1-5(12)3-6(7)9(15)13-8-4-17-14-10(8)16/h1-3,8H,4,12H2,(H,13,15)(H,14,16)/t8-/m1/s1. The van der Waals surface area contributed by atoms with E-state index in [4.69, 9.17) is 10.6 Å². The van der Waals surface area contributed by atoms with Crippen LogP contribution in [0.3, 0.4) is 0 Å². The van der Waals surface area contributed by atoms with Crippen molar-refractivity contribution in [2.24, 2.45) is 0 Å². The molecule has 2 amide bonds. The van der Waals surface area contributed by atoms with Gasteiger partial charge in [-0.05, 0) is 34.1 Å². The fourth-order valence-corrected chi connectivity index (χ4v) is 1.83. The molecule has 6 nitrogen and oxygen atoms in total. The molecule has 2 rings (SSSR count). The van der Waals surface area contributed by atoms with Gasteiger partial charge >= 0.3 is 0 Å². The second-order valence-corrected chi connectivity index (χ2v) is 4.40. The van der Waals surface area contributed by atoms with Crippen LogP contribution < -0.4 is 16.5 Å². The molecule has 1 aliphatic heterocycles. The molecule has 1 aromatic rings. The second-order valence-electron chi connectivity index (χ2n) is 3.54. The highest BCUT2D eigenvalue weighted by atomic mass is 79.9. The summed E-state index contributed by atoms with van der Waals surface area (Å²) in [6.07, 6.45) is 0. The number of benzene rings is 1. The van der Waals surface area contributed by atoms with E-state index in [1.54, 1.807) is 12.1 Å². The maximum atomic E-state index is 11.9. The minimum Gasteiger partial charge on any atom is -0.399 e. The number of halogens is 1. The third kappa shape index (κ3) is 2.56. The fraction of sp³-hybridized carbons (Fsp3) is 0.200. The first kappa shape index (κ1) is 11.9. The molecule has 0 radical (unpaired) electrons. The summed E-state index contributed by atoms with van der Waals surface area (Å²) in [7, 11) is 0. The first-order chi connectivity index (χ1) is 8.08. The van der Waals surface area contributed by atoms with E-state index in [9.17, 15) is 9.59 Å². The Morgan fingerprint density at radius 2 is 2.35 bits per heavy atom. The highest BCUT2D eigenvalue weighted by molar-refractivity contribution is 9.10. The first-order valence-corrected chi connectivity index (χ1v) is 5.65. The van der Waals surface area contributed by atoms with Crippen molar-refractivity contribution in [2.45, 2.75) is 6.04 Å². The number of nitrogens with one attached hydrogen (secondary N) is 2. The minimum atomic E-state index is -0.671. The van der Waals surface area contributed by atoms with Crippen LogP contribution in [0.2, 0.25) is 0 Å². The second kappa shape index (κ2) is 4.72. The van der Waals surface area contributed by atoms with Crippen molar-refractivity contribution in [3.63, 3.8) is 0 Å². The number of hydrogen-bond donors (Lipinski definition) is 3. The molecule has 1 aliphatic rings. The van der Waals surface area contributed by atoms with Gasteiger partial charge < -0.3 is 11.1 Å². The van der Waals surface area contributed by atoms with E-state index >= 15 is 0 Å². The van der Waals surface area contributed by atoms with E-state index in [1.807, 2.05) is 0 Å². The Kier molecular flexibility index (Phi) is 3.30. The Balaban J connectivity index is 2.14. The number of amides is 2. The lowest BCUT2D eigenvalue weighted by Gasteiger charge is -2.10. The summed E-state index contributed by atoms with van der Waals surface area (Å²) in [5.41, 5.74) is 8.61. The molecule has 0 unspecified atom stereocenters. The molecule has 0 bridgehead atoms. The zero-order valence-corrected chi connectivity index (χ0v) is 10.3. The van der Waals surface area contributed by atoms with Crippen LogP contribution in [0.1, 0.15) is 10.4 Å². The highest BCUT2D eigenvalue weighted by Crippen LogP contribution is 2.19. The van der Waals surface area contributed by atoms with Gasteiger partial charge in [0.2, 0.25) is 0 Å². The minimum absolute atomic E-state index is 0.116. The number of carbonyl (C=O) groups is 2. The number of anilines is 1. The van der Waals surface area contributed by atoms with Crippen molar-refractivity contribution in [3.8, 4) is 0 Å². The maximum Gasteiger partial charge on any atom is 0.268 e. The van der Waals surface area contributed by atoms with Crippen LogP contribution in [-0.4, -0.2) is 24.5 Å². The highest BCUT2D eigenvalue weighted by Gasteiger charge is 2.27. The van der Waals surface area contributed by atoms with Gasteiger partial charge in [0.05, 0.1) is 5.56 Å². The molecule has 0 aliphatic carbocycles. The average molecular weight is 300 g/mol. The summed E-state index contributed by atoms with van der Waals surface area (Å²) in [6, 6.07) is 4.21. The van der Waals surface area contributed by atoms with Gasteiger partial charge in [0.25, 0.3) is 11.8 Å². The maximum absolute atomic E-state index is 11.9. The SMILES string of the molecule is Nc1ccc(Br)c(C(=O)N[C@@H]2CONC2=O)c1. The number of carbonyl (C=O) groups excluding carboxylic acids is 2. The molecule has 1 aromatic carbocycles. The zero-order chi connectivity index (χ0) is 12.4. The Bertz CT molecular complexity index is 478. The Labute approximate surface area is 106 Å². The van der Waals surface area contributed by atoms with Gasteiger partial charge in [0.1, 0.15) is 12.6 Å². The molecule has 1 heterocycles. The predicted molar refractivity (Wildman–Crippen MR) is 63.9 cm³/mol. The molecule has 1 saturated heterocycles. The van der Waals surface area contributed by atoms with Crippen LogP contribution in [0.4, 0.5) is 5.69 Å². The third-order valence-electron chi connectivity index (χ3n) is 2.28. The van der Waals surface area contributed by atoms with Crippen molar-refractivity contribution in [3.05, 3.63) is 28.2 Å². The van der Waals surface area contributed by atoms with Gasteiger partial charge in [-0.2, -0.15) is 0 Å². The Hall–Kier alpha value is -1.60. The predicted octanol–water partition coefficient (Wildman–Crippen LogP) is 0.191. The van der Waals surface area contributed by atoms with Gasteiger partial charge in [-0.15, -0.1) is 0 Å². The monoisotopic (exact) mass is 299 g/mol. The third-order valence-corrected chi connectivity index (χ3v) is 2.97. The smallest absolute Gasteiger partial charge is 0.268 e. The number of hydrogen-bond acceptors (Lipinski definition) is 4. The van der Waals surface area contributed by atoms with Gasteiger partial charge in [0, 0.05) is 10.2 Å². The normalized spacial score (nSPS) is 18.9. The lowest BCUT2D eigenvalue weighted by molar-refractivity contribution is -0.125. The van der Waals surface area contributed by atoms with Crippen molar-refractivity contribution >= 4 is 33.4 Å². The van der Waals surface area contributed by atoms with Crippen LogP contribution in [-0.2, 0) is 9.63 Å².